The van der Waals surface area contributed by atoms with E-state index in [-0.39, 0.29) is 11.8 Å². The molecule has 5 heteroatoms. The summed E-state index contributed by atoms with van der Waals surface area (Å²) in [5.74, 6) is 0.159. The maximum atomic E-state index is 10.9. The normalized spacial score (nSPS) is 24.0. The quantitative estimate of drug-likeness (QED) is 0.883. The average molecular weight is 250 g/mol. The molecule has 5 nitrogen and oxygen atoms in total. The van der Waals surface area contributed by atoms with Crippen molar-refractivity contribution < 1.29 is 14.6 Å². The molecule has 1 N–H and O–H groups in total. The smallest absolute Gasteiger partial charge is 0.354 e. The van der Waals surface area contributed by atoms with Crippen molar-refractivity contribution in [1.29, 1.82) is 0 Å². The second kappa shape index (κ2) is 5.35. The lowest BCUT2D eigenvalue weighted by molar-refractivity contribution is 0.0443. The molecule has 1 fully saturated rings. The number of anilines is 1. The number of carboxylic acids is 1. The van der Waals surface area contributed by atoms with Crippen LogP contribution in [0.3, 0.4) is 0 Å². The molecule has 98 valence electrons. The van der Waals surface area contributed by atoms with Gasteiger partial charge in [0, 0.05) is 20.2 Å². The van der Waals surface area contributed by atoms with Crippen molar-refractivity contribution in [2.45, 2.75) is 19.4 Å². The molecule has 1 saturated heterocycles. The molecule has 0 aromatic carbocycles. The van der Waals surface area contributed by atoms with E-state index in [1.165, 1.54) is 6.07 Å². The van der Waals surface area contributed by atoms with E-state index in [2.05, 4.69) is 16.8 Å². The fourth-order valence-electron chi connectivity index (χ4n) is 2.40. The van der Waals surface area contributed by atoms with E-state index in [1.54, 1.807) is 13.2 Å². The first-order valence-electron chi connectivity index (χ1n) is 6.10. The molecule has 1 aromatic heterocycles. The molecule has 2 heterocycles. The van der Waals surface area contributed by atoms with Gasteiger partial charge in [0.1, 0.15) is 5.82 Å². The highest BCUT2D eigenvalue weighted by atomic mass is 16.5. The van der Waals surface area contributed by atoms with Crippen LogP contribution in [0.5, 0.6) is 0 Å². The number of hydrogen-bond acceptors (Lipinski definition) is 4. The molecule has 2 rings (SSSR count). The number of aromatic nitrogens is 1. The first-order chi connectivity index (χ1) is 8.61. The number of methoxy groups -OCH3 is 1. The third-order valence-corrected chi connectivity index (χ3v) is 3.41. The zero-order valence-corrected chi connectivity index (χ0v) is 10.7. The molecular weight excluding hydrogens is 232 g/mol. The lowest BCUT2D eigenvalue weighted by Gasteiger charge is -2.36. The predicted octanol–water partition coefficient (Wildman–Crippen LogP) is 1.64. The van der Waals surface area contributed by atoms with Gasteiger partial charge in [-0.3, -0.25) is 0 Å². The lowest BCUT2D eigenvalue weighted by atomic mass is 9.96. The second-order valence-electron chi connectivity index (χ2n) is 4.67. The molecule has 18 heavy (non-hydrogen) atoms. The Hall–Kier alpha value is -1.62. The number of carbonyl (C=O) groups is 1. The maximum absolute atomic E-state index is 10.9. The van der Waals surface area contributed by atoms with Gasteiger partial charge in [0.05, 0.1) is 6.10 Å². The maximum Gasteiger partial charge on any atom is 0.354 e. The fraction of sp³-hybridized carbons (Fsp3) is 0.538. The molecule has 2 atom stereocenters. The topological polar surface area (TPSA) is 62.7 Å². The molecule has 0 radical (unpaired) electrons. The van der Waals surface area contributed by atoms with Crippen molar-refractivity contribution in [3.8, 4) is 0 Å². The van der Waals surface area contributed by atoms with Crippen molar-refractivity contribution in [1.82, 2.24) is 4.98 Å². The van der Waals surface area contributed by atoms with Crippen LogP contribution in [0, 0.1) is 5.92 Å². The van der Waals surface area contributed by atoms with Crippen LogP contribution in [-0.4, -0.2) is 42.4 Å². The van der Waals surface area contributed by atoms with Crippen LogP contribution in [0.1, 0.15) is 23.8 Å². The molecule has 2 unspecified atom stereocenters. The molecule has 0 bridgehead atoms. The summed E-state index contributed by atoms with van der Waals surface area (Å²) in [6.07, 6.45) is 1.22. The molecule has 1 aromatic rings. The van der Waals surface area contributed by atoms with Crippen LogP contribution in [0.2, 0.25) is 0 Å². The summed E-state index contributed by atoms with van der Waals surface area (Å²) in [6, 6.07) is 5.10. The Balaban J connectivity index is 2.13. The lowest BCUT2D eigenvalue weighted by Crippen LogP contribution is -2.43. The number of pyridine rings is 1. The Morgan fingerprint density at radius 3 is 2.94 bits per heavy atom. The van der Waals surface area contributed by atoms with Gasteiger partial charge in [-0.1, -0.05) is 13.0 Å². The van der Waals surface area contributed by atoms with E-state index >= 15 is 0 Å². The average Bonchev–Trinajstić information content (AvgIpc) is 2.38. The summed E-state index contributed by atoms with van der Waals surface area (Å²) in [6.45, 7) is 3.83. The van der Waals surface area contributed by atoms with Crippen molar-refractivity contribution >= 4 is 11.8 Å². The van der Waals surface area contributed by atoms with Crippen LogP contribution in [0.25, 0.3) is 0 Å². The van der Waals surface area contributed by atoms with Crippen molar-refractivity contribution in [2.75, 3.05) is 25.1 Å². The Labute approximate surface area is 106 Å². The molecule has 0 spiro atoms. The summed E-state index contributed by atoms with van der Waals surface area (Å²) >= 11 is 0. The van der Waals surface area contributed by atoms with Gasteiger partial charge >= 0.3 is 5.97 Å². The van der Waals surface area contributed by atoms with Gasteiger partial charge in [-0.25, -0.2) is 9.78 Å². The van der Waals surface area contributed by atoms with E-state index in [0.717, 1.165) is 25.3 Å². The molecule has 1 aliphatic rings. The summed E-state index contributed by atoms with van der Waals surface area (Å²) < 4.78 is 5.41. The minimum absolute atomic E-state index is 0.0917. The van der Waals surface area contributed by atoms with E-state index in [1.807, 2.05) is 6.07 Å². The van der Waals surface area contributed by atoms with E-state index < -0.39 is 5.97 Å². The molecular formula is C13H18N2O3. The summed E-state index contributed by atoms with van der Waals surface area (Å²) in [5, 5.41) is 8.94. The number of hydrogen-bond donors (Lipinski definition) is 1. The minimum atomic E-state index is -0.989. The Bertz CT molecular complexity index is 436. The number of carboxylic acid groups (broad SMARTS) is 1. The van der Waals surface area contributed by atoms with Gasteiger partial charge in [-0.2, -0.15) is 0 Å². The van der Waals surface area contributed by atoms with Gasteiger partial charge in [-0.15, -0.1) is 0 Å². The van der Waals surface area contributed by atoms with Gasteiger partial charge in [0.2, 0.25) is 0 Å². The third kappa shape index (κ3) is 2.61. The summed E-state index contributed by atoms with van der Waals surface area (Å²) in [5.41, 5.74) is 0.0917. The van der Waals surface area contributed by atoms with Gasteiger partial charge in [0.15, 0.2) is 5.69 Å². The SMILES string of the molecule is COC1CCN(c2cccc(C(=O)O)n2)CC1C. The van der Waals surface area contributed by atoms with Gasteiger partial charge < -0.3 is 14.7 Å². The highest BCUT2D eigenvalue weighted by Gasteiger charge is 2.26. The number of ether oxygens (including phenoxy) is 1. The van der Waals surface area contributed by atoms with Gasteiger partial charge in [0.25, 0.3) is 0 Å². The highest BCUT2D eigenvalue weighted by Crippen LogP contribution is 2.23. The highest BCUT2D eigenvalue weighted by molar-refractivity contribution is 5.85. The van der Waals surface area contributed by atoms with Crippen LogP contribution in [0.15, 0.2) is 18.2 Å². The largest absolute Gasteiger partial charge is 0.477 e. The molecule has 1 aliphatic heterocycles. The third-order valence-electron chi connectivity index (χ3n) is 3.41. The Morgan fingerprint density at radius 2 is 2.33 bits per heavy atom. The standard InChI is InChI=1S/C13H18N2O3/c1-9-8-15(7-6-11(9)18-2)12-5-3-4-10(14-12)13(16)17/h3-5,9,11H,6-8H2,1-2H3,(H,16,17). The molecule has 0 amide bonds. The first kappa shape index (κ1) is 12.8. The summed E-state index contributed by atoms with van der Waals surface area (Å²) in [4.78, 5) is 17.2. The number of rotatable bonds is 3. The van der Waals surface area contributed by atoms with Crippen molar-refractivity contribution in [3.05, 3.63) is 23.9 Å². The van der Waals surface area contributed by atoms with E-state index in [9.17, 15) is 4.79 Å². The monoisotopic (exact) mass is 250 g/mol. The molecule has 0 aliphatic carbocycles. The second-order valence-corrected chi connectivity index (χ2v) is 4.67. The number of aromatic carboxylic acids is 1. The Morgan fingerprint density at radius 1 is 1.56 bits per heavy atom. The van der Waals surface area contributed by atoms with Crippen molar-refractivity contribution in [2.24, 2.45) is 5.92 Å². The van der Waals surface area contributed by atoms with Gasteiger partial charge in [-0.05, 0) is 24.5 Å². The zero-order chi connectivity index (χ0) is 13.1. The van der Waals surface area contributed by atoms with Crippen LogP contribution in [-0.2, 0) is 4.74 Å². The Kier molecular flexibility index (Phi) is 3.81. The van der Waals surface area contributed by atoms with Crippen molar-refractivity contribution in [3.63, 3.8) is 0 Å². The number of piperidine rings is 1. The van der Waals surface area contributed by atoms with E-state index in [0.29, 0.717) is 5.92 Å². The zero-order valence-electron chi connectivity index (χ0n) is 10.7. The minimum Gasteiger partial charge on any atom is -0.477 e. The van der Waals surface area contributed by atoms with Crippen LogP contribution < -0.4 is 4.90 Å². The first-order valence-corrected chi connectivity index (χ1v) is 6.10. The van der Waals surface area contributed by atoms with Crippen LogP contribution >= 0.6 is 0 Å². The van der Waals surface area contributed by atoms with E-state index in [4.69, 9.17) is 9.84 Å². The van der Waals surface area contributed by atoms with Crippen LogP contribution in [0.4, 0.5) is 5.82 Å². The predicted molar refractivity (Wildman–Crippen MR) is 68.0 cm³/mol. The summed E-state index contributed by atoms with van der Waals surface area (Å²) in [7, 11) is 1.74. The number of nitrogens with zero attached hydrogens (tertiary/aromatic N) is 2. The molecule has 0 saturated carbocycles. The fourth-order valence-corrected chi connectivity index (χ4v) is 2.40.